The maximum atomic E-state index is 12.7. The van der Waals surface area contributed by atoms with Crippen LogP contribution in [0.25, 0.3) is 0 Å². The van der Waals surface area contributed by atoms with Gasteiger partial charge in [0.15, 0.2) is 11.6 Å². The van der Waals surface area contributed by atoms with Crippen LogP contribution < -0.4 is 0 Å². The lowest BCUT2D eigenvalue weighted by molar-refractivity contribution is -0.134. The molecule has 0 spiro atoms. The zero-order valence-electron chi connectivity index (χ0n) is 14.9. The summed E-state index contributed by atoms with van der Waals surface area (Å²) in [6.45, 7) is 5.53. The van der Waals surface area contributed by atoms with Gasteiger partial charge in [0.05, 0.1) is 32.1 Å². The molecule has 1 aliphatic heterocycles. The third kappa shape index (κ3) is 4.10. The van der Waals surface area contributed by atoms with Crippen LogP contribution in [0.3, 0.4) is 0 Å². The molecule has 2 aromatic rings. The van der Waals surface area contributed by atoms with Crippen LogP contribution in [-0.4, -0.2) is 64.1 Å². The maximum Gasteiger partial charge on any atom is 0.289 e. The van der Waals surface area contributed by atoms with Crippen molar-refractivity contribution >= 4 is 11.8 Å². The van der Waals surface area contributed by atoms with Gasteiger partial charge in [-0.05, 0) is 26.0 Å². The molecule has 3 heterocycles. The number of ether oxygens (including phenoxy) is 1. The van der Waals surface area contributed by atoms with Crippen molar-refractivity contribution in [2.24, 2.45) is 0 Å². The molecule has 0 bridgehead atoms. The largest absolute Gasteiger partial charge is 0.459 e. The topological polar surface area (TPSA) is 102 Å². The summed E-state index contributed by atoms with van der Waals surface area (Å²) in [5.41, 5.74) is 0. The van der Waals surface area contributed by atoms with E-state index >= 15 is 0 Å². The Bertz CT molecular complexity index is 742. The number of aromatic nitrogens is 2. The van der Waals surface area contributed by atoms with Crippen LogP contribution in [0.4, 0.5) is 0 Å². The van der Waals surface area contributed by atoms with E-state index in [4.69, 9.17) is 13.7 Å². The van der Waals surface area contributed by atoms with Crippen LogP contribution in [0, 0.1) is 6.92 Å². The predicted molar refractivity (Wildman–Crippen MR) is 89.1 cm³/mol. The molecular weight excluding hydrogens is 340 g/mol. The van der Waals surface area contributed by atoms with Gasteiger partial charge in [0.2, 0.25) is 11.8 Å². The highest BCUT2D eigenvalue weighted by atomic mass is 16.5. The Labute approximate surface area is 150 Å². The van der Waals surface area contributed by atoms with Gasteiger partial charge in [0.25, 0.3) is 5.91 Å². The smallest absolute Gasteiger partial charge is 0.289 e. The molecule has 1 fully saturated rings. The number of aryl methyl sites for hydroxylation is 1. The van der Waals surface area contributed by atoms with Gasteiger partial charge in [-0.2, -0.15) is 4.98 Å². The van der Waals surface area contributed by atoms with E-state index in [1.165, 1.54) is 6.26 Å². The molecule has 0 radical (unpaired) electrons. The minimum absolute atomic E-state index is 0.101. The number of carbonyl (C=O) groups excluding carboxylic acids is 2. The fourth-order valence-corrected chi connectivity index (χ4v) is 2.91. The Balaban J connectivity index is 1.66. The summed E-state index contributed by atoms with van der Waals surface area (Å²) in [7, 11) is 0. The fourth-order valence-electron chi connectivity index (χ4n) is 2.91. The minimum atomic E-state index is -0.340. The molecule has 3 rings (SSSR count). The Morgan fingerprint density at radius 2 is 2.27 bits per heavy atom. The van der Waals surface area contributed by atoms with Crippen molar-refractivity contribution in [2.75, 3.05) is 26.3 Å². The number of morpholine rings is 1. The molecule has 9 heteroatoms. The Morgan fingerprint density at radius 3 is 2.92 bits per heavy atom. The first-order chi connectivity index (χ1) is 12.6. The van der Waals surface area contributed by atoms with Gasteiger partial charge in [-0.15, -0.1) is 0 Å². The van der Waals surface area contributed by atoms with Gasteiger partial charge >= 0.3 is 0 Å². The molecule has 0 unspecified atom stereocenters. The first-order valence-electron chi connectivity index (χ1n) is 8.57. The van der Waals surface area contributed by atoms with E-state index in [1.54, 1.807) is 28.9 Å². The molecule has 1 atom stereocenters. The van der Waals surface area contributed by atoms with Crippen molar-refractivity contribution in [3.05, 3.63) is 35.9 Å². The van der Waals surface area contributed by atoms with Crippen LogP contribution in [0.2, 0.25) is 0 Å². The second-order valence-corrected chi connectivity index (χ2v) is 6.05. The summed E-state index contributed by atoms with van der Waals surface area (Å²) in [6, 6.07) is 2.94. The lowest BCUT2D eigenvalue weighted by atomic mass is 10.1. The lowest BCUT2D eigenvalue weighted by Gasteiger charge is -2.35. The molecule has 140 valence electrons. The molecule has 1 aliphatic rings. The van der Waals surface area contributed by atoms with Gasteiger partial charge in [-0.25, -0.2) is 0 Å². The molecule has 9 nitrogen and oxygen atoms in total. The minimum Gasteiger partial charge on any atom is -0.459 e. The third-order valence-electron chi connectivity index (χ3n) is 4.26. The first kappa shape index (κ1) is 18.1. The van der Waals surface area contributed by atoms with Crippen LogP contribution >= 0.6 is 0 Å². The Morgan fingerprint density at radius 1 is 1.42 bits per heavy atom. The molecule has 2 aromatic heterocycles. The van der Waals surface area contributed by atoms with Gasteiger partial charge in [-0.3, -0.25) is 9.59 Å². The maximum absolute atomic E-state index is 12.7. The molecule has 0 aliphatic carbocycles. The monoisotopic (exact) mass is 362 g/mol. The van der Waals surface area contributed by atoms with E-state index in [9.17, 15) is 9.59 Å². The number of furan rings is 1. The van der Waals surface area contributed by atoms with E-state index in [2.05, 4.69) is 10.1 Å². The number of carbonyl (C=O) groups is 2. The number of rotatable bonds is 6. The molecule has 26 heavy (non-hydrogen) atoms. The van der Waals surface area contributed by atoms with Gasteiger partial charge in [-0.1, -0.05) is 5.16 Å². The predicted octanol–water partition coefficient (Wildman–Crippen LogP) is 1.25. The normalized spacial score (nSPS) is 17.3. The van der Waals surface area contributed by atoms with Crippen LogP contribution in [0.1, 0.15) is 35.6 Å². The zero-order chi connectivity index (χ0) is 18.5. The molecular formula is C17H22N4O5. The van der Waals surface area contributed by atoms with Crippen molar-refractivity contribution < 1.29 is 23.3 Å². The summed E-state index contributed by atoms with van der Waals surface area (Å²) in [4.78, 5) is 32.7. The van der Waals surface area contributed by atoms with Crippen LogP contribution in [0.15, 0.2) is 27.3 Å². The fraction of sp³-hybridized carbons (Fsp3) is 0.529. The van der Waals surface area contributed by atoms with Crippen LogP contribution in [-0.2, 0) is 16.1 Å². The van der Waals surface area contributed by atoms with Gasteiger partial charge in [0.1, 0.15) is 0 Å². The first-order valence-corrected chi connectivity index (χ1v) is 8.57. The van der Waals surface area contributed by atoms with E-state index in [1.807, 2.05) is 6.92 Å². The number of hydrogen-bond acceptors (Lipinski definition) is 7. The van der Waals surface area contributed by atoms with E-state index in [0.29, 0.717) is 38.0 Å². The summed E-state index contributed by atoms with van der Waals surface area (Å²) in [6.07, 6.45) is 1.62. The Hall–Kier alpha value is -2.68. The third-order valence-corrected chi connectivity index (χ3v) is 4.26. The van der Waals surface area contributed by atoms with E-state index in [0.717, 1.165) is 0 Å². The van der Waals surface area contributed by atoms with E-state index in [-0.39, 0.29) is 36.6 Å². The van der Waals surface area contributed by atoms with Crippen molar-refractivity contribution in [3.63, 3.8) is 0 Å². The molecule has 0 N–H and O–H groups in total. The highest BCUT2D eigenvalue weighted by Gasteiger charge is 2.32. The van der Waals surface area contributed by atoms with Crippen molar-refractivity contribution in [1.29, 1.82) is 0 Å². The number of hydrogen-bond donors (Lipinski definition) is 0. The lowest BCUT2D eigenvalue weighted by Crippen LogP contribution is -2.50. The second kappa shape index (κ2) is 8.13. The van der Waals surface area contributed by atoms with Crippen molar-refractivity contribution in [2.45, 2.75) is 32.9 Å². The standard InChI is InChI=1S/C17H22N4O5/c1-3-20(10-15-18-12(2)19-26-15)16(22)9-13-11-24-8-6-21(13)17(23)14-5-4-7-25-14/h4-5,7,13H,3,6,8-11H2,1-2H3/t13-/m1/s1. The highest BCUT2D eigenvalue weighted by Crippen LogP contribution is 2.17. The van der Waals surface area contributed by atoms with Crippen molar-refractivity contribution in [1.82, 2.24) is 19.9 Å². The van der Waals surface area contributed by atoms with Crippen molar-refractivity contribution in [3.8, 4) is 0 Å². The zero-order valence-corrected chi connectivity index (χ0v) is 14.9. The highest BCUT2D eigenvalue weighted by molar-refractivity contribution is 5.92. The molecule has 1 saturated heterocycles. The molecule has 2 amide bonds. The SMILES string of the molecule is CCN(Cc1nc(C)no1)C(=O)C[C@@H]1COCCN1C(=O)c1ccco1. The molecule has 0 saturated carbocycles. The summed E-state index contributed by atoms with van der Waals surface area (Å²) in [5, 5.41) is 3.74. The average molecular weight is 362 g/mol. The van der Waals surface area contributed by atoms with Crippen LogP contribution in [0.5, 0.6) is 0 Å². The second-order valence-electron chi connectivity index (χ2n) is 6.05. The molecule has 0 aromatic carbocycles. The van der Waals surface area contributed by atoms with E-state index < -0.39 is 0 Å². The summed E-state index contributed by atoms with van der Waals surface area (Å²) >= 11 is 0. The number of amides is 2. The summed E-state index contributed by atoms with van der Waals surface area (Å²) in [5.74, 6) is 0.848. The number of nitrogens with zero attached hydrogens (tertiary/aromatic N) is 4. The average Bonchev–Trinajstić information content (AvgIpc) is 3.31. The summed E-state index contributed by atoms with van der Waals surface area (Å²) < 4.78 is 15.8. The van der Waals surface area contributed by atoms with Gasteiger partial charge in [0, 0.05) is 19.5 Å². The Kier molecular flexibility index (Phi) is 5.67. The van der Waals surface area contributed by atoms with Gasteiger partial charge < -0.3 is 23.5 Å². The quantitative estimate of drug-likeness (QED) is 0.762.